The molecule has 0 unspecified atom stereocenters. The molecule has 2 aromatic carbocycles. The molecule has 0 fully saturated rings. The second-order valence-electron chi connectivity index (χ2n) is 6.93. The fourth-order valence-corrected chi connectivity index (χ4v) is 3.32. The maximum absolute atomic E-state index is 13.2. The molecule has 0 saturated heterocycles. The zero-order valence-corrected chi connectivity index (χ0v) is 16.4. The van der Waals surface area contributed by atoms with Crippen molar-refractivity contribution in [3.05, 3.63) is 99.1 Å². The number of amides is 1. The molecule has 0 aliphatic carbocycles. The molecule has 0 bridgehead atoms. The average Bonchev–Trinajstić information content (AvgIpc) is 3.29. The topological polar surface area (TPSA) is 86.2 Å². The summed E-state index contributed by atoms with van der Waals surface area (Å²) in [4.78, 5) is 38.6. The van der Waals surface area contributed by atoms with Gasteiger partial charge in [-0.05, 0) is 42.5 Å². The summed E-state index contributed by atoms with van der Waals surface area (Å²) in [5.74, 6) is -0.0348. The highest BCUT2D eigenvalue weighted by Crippen LogP contribution is 2.30. The van der Waals surface area contributed by atoms with Crippen LogP contribution in [0.5, 0.6) is 0 Å². The Balaban J connectivity index is 1.81. The quantitative estimate of drug-likeness (QED) is 0.514. The molecule has 7 nitrogen and oxygen atoms in total. The van der Waals surface area contributed by atoms with Crippen molar-refractivity contribution in [3.8, 4) is 5.69 Å². The minimum Gasteiger partial charge on any atom is -0.467 e. The summed E-state index contributed by atoms with van der Waals surface area (Å²) in [7, 11) is 0. The zero-order chi connectivity index (χ0) is 22.9. The lowest BCUT2D eigenvalue weighted by Gasteiger charge is -2.15. The highest BCUT2D eigenvalue weighted by molar-refractivity contribution is 5.81. The van der Waals surface area contributed by atoms with Crippen LogP contribution in [0.1, 0.15) is 11.3 Å². The van der Waals surface area contributed by atoms with Crippen LogP contribution in [0, 0.1) is 0 Å². The van der Waals surface area contributed by atoms with Crippen LogP contribution in [0.25, 0.3) is 16.6 Å². The smallest absolute Gasteiger partial charge is 0.416 e. The maximum Gasteiger partial charge on any atom is 0.416 e. The van der Waals surface area contributed by atoms with Crippen LogP contribution in [-0.4, -0.2) is 15.0 Å². The van der Waals surface area contributed by atoms with Gasteiger partial charge < -0.3 is 9.73 Å². The van der Waals surface area contributed by atoms with Gasteiger partial charge in [0.15, 0.2) is 0 Å². The summed E-state index contributed by atoms with van der Waals surface area (Å²) >= 11 is 0. The molecule has 164 valence electrons. The third-order valence-corrected chi connectivity index (χ3v) is 4.82. The van der Waals surface area contributed by atoms with Gasteiger partial charge in [0.2, 0.25) is 5.91 Å². The summed E-state index contributed by atoms with van der Waals surface area (Å²) in [5.41, 5.74) is -2.76. The lowest BCUT2D eigenvalue weighted by atomic mass is 10.2. The van der Waals surface area contributed by atoms with Gasteiger partial charge in [-0.3, -0.25) is 14.2 Å². The summed E-state index contributed by atoms with van der Waals surface area (Å²) in [5, 5.41) is 2.69. The fraction of sp³-hybridized carbons (Fsp3) is 0.136. The number of para-hydroxylation sites is 1. The molecule has 2 aromatic heterocycles. The lowest BCUT2D eigenvalue weighted by Crippen LogP contribution is -2.41. The first-order valence-electron chi connectivity index (χ1n) is 9.47. The highest BCUT2D eigenvalue weighted by atomic mass is 19.4. The molecule has 0 saturated carbocycles. The third kappa shape index (κ3) is 4.07. The van der Waals surface area contributed by atoms with E-state index in [-0.39, 0.29) is 23.1 Å². The van der Waals surface area contributed by atoms with Crippen molar-refractivity contribution in [2.45, 2.75) is 19.3 Å². The van der Waals surface area contributed by atoms with E-state index < -0.39 is 35.4 Å². The number of rotatable bonds is 5. The number of aromatic nitrogens is 2. The first-order chi connectivity index (χ1) is 15.3. The monoisotopic (exact) mass is 443 g/mol. The first-order valence-corrected chi connectivity index (χ1v) is 9.47. The van der Waals surface area contributed by atoms with E-state index in [1.165, 1.54) is 24.5 Å². The van der Waals surface area contributed by atoms with Gasteiger partial charge in [0.1, 0.15) is 12.3 Å². The van der Waals surface area contributed by atoms with Gasteiger partial charge in [0, 0.05) is 0 Å². The molecule has 0 radical (unpaired) electrons. The standard InChI is InChI=1S/C22H16F3N3O4/c23-22(24,25)14-5-3-6-15(11-14)28-20(30)17-8-1-2-9-18(17)27(21(28)31)13-19(29)26-12-16-7-4-10-32-16/h1-11H,12-13H2,(H,26,29). The van der Waals surface area contributed by atoms with Crippen LogP contribution in [-0.2, 0) is 24.1 Å². The van der Waals surface area contributed by atoms with Crippen LogP contribution < -0.4 is 16.6 Å². The van der Waals surface area contributed by atoms with E-state index in [1.54, 1.807) is 24.3 Å². The molecule has 4 rings (SSSR count). The molecule has 0 aliphatic heterocycles. The number of halogens is 3. The van der Waals surface area contributed by atoms with E-state index in [0.29, 0.717) is 10.3 Å². The summed E-state index contributed by atoms with van der Waals surface area (Å²) < 4.78 is 46.3. The van der Waals surface area contributed by atoms with Crippen molar-refractivity contribution in [1.29, 1.82) is 0 Å². The van der Waals surface area contributed by atoms with Crippen molar-refractivity contribution in [1.82, 2.24) is 14.5 Å². The van der Waals surface area contributed by atoms with Crippen LogP contribution in [0.15, 0.2) is 80.9 Å². The van der Waals surface area contributed by atoms with Crippen LogP contribution >= 0.6 is 0 Å². The Morgan fingerprint density at radius 2 is 1.78 bits per heavy atom. The number of furan rings is 1. The number of fused-ring (bicyclic) bond motifs is 1. The van der Waals surface area contributed by atoms with Crippen molar-refractivity contribution >= 4 is 16.8 Å². The number of nitrogens with zero attached hydrogens (tertiary/aromatic N) is 2. The van der Waals surface area contributed by atoms with Gasteiger partial charge >= 0.3 is 11.9 Å². The summed E-state index contributed by atoms with van der Waals surface area (Å²) in [6, 6.07) is 13.3. The molecule has 32 heavy (non-hydrogen) atoms. The van der Waals surface area contributed by atoms with Crippen molar-refractivity contribution in [2.75, 3.05) is 0 Å². The van der Waals surface area contributed by atoms with E-state index in [1.807, 2.05) is 0 Å². The highest BCUT2D eigenvalue weighted by Gasteiger charge is 2.31. The van der Waals surface area contributed by atoms with Crippen molar-refractivity contribution in [3.63, 3.8) is 0 Å². The van der Waals surface area contributed by atoms with Gasteiger partial charge in [-0.1, -0.05) is 18.2 Å². The minimum atomic E-state index is -4.65. The molecular formula is C22H16F3N3O4. The number of hydrogen-bond donors (Lipinski definition) is 1. The number of carbonyl (C=O) groups is 1. The van der Waals surface area contributed by atoms with E-state index in [4.69, 9.17) is 4.42 Å². The van der Waals surface area contributed by atoms with Crippen molar-refractivity contribution < 1.29 is 22.4 Å². The number of benzene rings is 2. The predicted molar refractivity (Wildman–Crippen MR) is 109 cm³/mol. The Hall–Kier alpha value is -4.08. The van der Waals surface area contributed by atoms with Crippen molar-refractivity contribution in [2.24, 2.45) is 0 Å². The Kier molecular flexibility index (Phi) is 5.43. The Labute approximate surface area is 178 Å². The molecule has 2 heterocycles. The van der Waals surface area contributed by atoms with Crippen LogP contribution in [0.3, 0.4) is 0 Å². The van der Waals surface area contributed by atoms with Crippen LogP contribution in [0.2, 0.25) is 0 Å². The third-order valence-electron chi connectivity index (χ3n) is 4.82. The lowest BCUT2D eigenvalue weighted by molar-refractivity contribution is -0.137. The van der Waals surface area contributed by atoms with E-state index in [0.717, 1.165) is 22.8 Å². The average molecular weight is 443 g/mol. The largest absolute Gasteiger partial charge is 0.467 e. The number of alkyl halides is 3. The molecule has 0 spiro atoms. The van der Waals surface area contributed by atoms with Gasteiger partial charge in [-0.15, -0.1) is 0 Å². The Morgan fingerprint density at radius 1 is 1.00 bits per heavy atom. The van der Waals surface area contributed by atoms with E-state index in [2.05, 4.69) is 5.32 Å². The summed E-state index contributed by atoms with van der Waals surface area (Å²) in [6.45, 7) is -0.356. The number of carbonyl (C=O) groups excluding carboxylic acids is 1. The second-order valence-corrected chi connectivity index (χ2v) is 6.93. The summed E-state index contributed by atoms with van der Waals surface area (Å²) in [6.07, 6.45) is -3.20. The second kappa shape index (κ2) is 8.22. The first kappa shape index (κ1) is 21.2. The molecule has 1 amide bonds. The van der Waals surface area contributed by atoms with Crippen LogP contribution in [0.4, 0.5) is 13.2 Å². The number of nitrogens with one attached hydrogen (secondary N) is 1. The number of hydrogen-bond acceptors (Lipinski definition) is 4. The SMILES string of the molecule is O=C(Cn1c(=O)n(-c2cccc(C(F)(F)F)c2)c(=O)c2ccccc21)NCc1ccco1. The maximum atomic E-state index is 13.2. The van der Waals surface area contributed by atoms with Gasteiger partial charge in [-0.2, -0.15) is 13.2 Å². The molecule has 4 aromatic rings. The molecule has 0 aliphatic rings. The zero-order valence-electron chi connectivity index (χ0n) is 16.4. The Bertz CT molecular complexity index is 1400. The predicted octanol–water partition coefficient (Wildman–Crippen LogP) is 3.08. The van der Waals surface area contributed by atoms with E-state index in [9.17, 15) is 27.6 Å². The van der Waals surface area contributed by atoms with Gasteiger partial charge in [0.05, 0.1) is 35.0 Å². The van der Waals surface area contributed by atoms with Gasteiger partial charge in [0.25, 0.3) is 5.56 Å². The Morgan fingerprint density at radius 3 is 2.50 bits per heavy atom. The fourth-order valence-electron chi connectivity index (χ4n) is 3.32. The molecule has 1 N–H and O–H groups in total. The molecule has 0 atom stereocenters. The molecule has 10 heteroatoms. The van der Waals surface area contributed by atoms with Gasteiger partial charge in [-0.25, -0.2) is 9.36 Å². The molecular weight excluding hydrogens is 427 g/mol. The minimum absolute atomic E-state index is 0.0864. The normalized spacial score (nSPS) is 11.6. The van der Waals surface area contributed by atoms with E-state index >= 15 is 0 Å².